The van der Waals surface area contributed by atoms with Crippen LogP contribution in [0.2, 0.25) is 0 Å². The van der Waals surface area contributed by atoms with Crippen molar-refractivity contribution in [3.05, 3.63) is 18.2 Å². The first-order chi connectivity index (χ1) is 8.19. The molecule has 2 aliphatic rings. The van der Waals surface area contributed by atoms with Crippen molar-refractivity contribution in [3.8, 4) is 0 Å². The quantitative estimate of drug-likeness (QED) is 0.866. The van der Waals surface area contributed by atoms with Gasteiger partial charge >= 0.3 is 0 Å². The molecule has 2 fully saturated rings. The molecule has 1 aliphatic heterocycles. The number of rotatable bonds is 4. The fraction of sp³-hybridized carbons (Fsp3) is 0.769. The van der Waals surface area contributed by atoms with Crippen molar-refractivity contribution in [3.63, 3.8) is 0 Å². The number of nitrogens with one attached hydrogen (secondary N) is 1. The second kappa shape index (κ2) is 4.10. The van der Waals surface area contributed by atoms with Gasteiger partial charge in [-0.3, -0.25) is 0 Å². The van der Waals surface area contributed by atoms with Crippen LogP contribution in [0.15, 0.2) is 12.5 Å². The van der Waals surface area contributed by atoms with Crippen molar-refractivity contribution in [2.45, 2.75) is 57.3 Å². The van der Waals surface area contributed by atoms with Crippen LogP contribution < -0.4 is 5.32 Å². The summed E-state index contributed by atoms with van der Waals surface area (Å²) in [5, 5.41) is 3.65. The molecule has 2 heterocycles. The summed E-state index contributed by atoms with van der Waals surface area (Å²) in [6, 6.07) is 0.708. The van der Waals surface area contributed by atoms with Crippen LogP contribution in [0.1, 0.15) is 44.8 Å². The molecule has 0 amide bonds. The van der Waals surface area contributed by atoms with Crippen LogP contribution >= 0.6 is 0 Å². The van der Waals surface area contributed by atoms with E-state index in [1.807, 2.05) is 12.5 Å². The summed E-state index contributed by atoms with van der Waals surface area (Å²) in [5.74, 6) is 0. The molecule has 2 atom stereocenters. The third-order valence-electron chi connectivity index (χ3n) is 4.25. The van der Waals surface area contributed by atoms with Gasteiger partial charge in [-0.05, 0) is 33.1 Å². The van der Waals surface area contributed by atoms with Gasteiger partial charge in [0.1, 0.15) is 0 Å². The Morgan fingerprint density at radius 2 is 2.41 bits per heavy atom. The van der Waals surface area contributed by atoms with E-state index < -0.39 is 0 Å². The van der Waals surface area contributed by atoms with Crippen molar-refractivity contribution < 1.29 is 4.74 Å². The second-order valence-electron chi connectivity index (χ2n) is 5.56. The van der Waals surface area contributed by atoms with Gasteiger partial charge in [0.05, 0.1) is 18.1 Å². The van der Waals surface area contributed by atoms with Gasteiger partial charge in [0, 0.05) is 30.9 Å². The molecular weight excluding hydrogens is 214 g/mol. The summed E-state index contributed by atoms with van der Waals surface area (Å²) in [6.45, 7) is 6.16. The molecule has 1 N–H and O–H groups in total. The predicted octanol–water partition coefficient (Wildman–Crippen LogP) is 1.88. The van der Waals surface area contributed by atoms with Crippen LogP contribution in [0.4, 0.5) is 0 Å². The number of aromatic nitrogens is 2. The van der Waals surface area contributed by atoms with Crippen molar-refractivity contribution >= 4 is 0 Å². The van der Waals surface area contributed by atoms with E-state index in [4.69, 9.17) is 4.74 Å². The highest BCUT2D eigenvalue weighted by molar-refractivity contribution is 5.05. The molecule has 17 heavy (non-hydrogen) atoms. The molecule has 1 saturated carbocycles. The van der Waals surface area contributed by atoms with Gasteiger partial charge < -0.3 is 14.6 Å². The Hall–Kier alpha value is -0.870. The number of nitrogens with zero attached hydrogens (tertiary/aromatic N) is 2. The van der Waals surface area contributed by atoms with Crippen molar-refractivity contribution in [1.82, 2.24) is 14.9 Å². The Morgan fingerprint density at radius 1 is 1.59 bits per heavy atom. The monoisotopic (exact) mass is 235 g/mol. The van der Waals surface area contributed by atoms with Gasteiger partial charge in [0.15, 0.2) is 0 Å². The van der Waals surface area contributed by atoms with Crippen LogP contribution in [0.25, 0.3) is 0 Å². The summed E-state index contributed by atoms with van der Waals surface area (Å²) >= 11 is 0. The maximum Gasteiger partial charge on any atom is 0.0951 e. The molecule has 0 aromatic carbocycles. The number of hydrogen-bond acceptors (Lipinski definition) is 3. The van der Waals surface area contributed by atoms with E-state index >= 15 is 0 Å². The third-order valence-corrected chi connectivity index (χ3v) is 4.25. The van der Waals surface area contributed by atoms with E-state index in [9.17, 15) is 0 Å². The normalized spacial score (nSPS) is 33.2. The van der Waals surface area contributed by atoms with E-state index in [1.54, 1.807) is 0 Å². The topological polar surface area (TPSA) is 39.1 Å². The first-order valence-electron chi connectivity index (χ1n) is 6.56. The molecule has 4 heteroatoms. The van der Waals surface area contributed by atoms with E-state index in [-0.39, 0.29) is 5.54 Å². The largest absolute Gasteiger partial charge is 0.377 e. The second-order valence-corrected chi connectivity index (χ2v) is 5.56. The number of ether oxygens (including phenoxy) is 1. The Morgan fingerprint density at radius 3 is 3.06 bits per heavy atom. The van der Waals surface area contributed by atoms with Gasteiger partial charge in [-0.2, -0.15) is 0 Å². The lowest BCUT2D eigenvalue weighted by atomic mass is 9.94. The first kappa shape index (κ1) is 11.2. The molecule has 1 aromatic rings. The Kier molecular flexibility index (Phi) is 2.71. The van der Waals surface area contributed by atoms with E-state index in [2.05, 4.69) is 28.7 Å². The van der Waals surface area contributed by atoms with Crippen LogP contribution in [-0.4, -0.2) is 27.8 Å². The zero-order valence-corrected chi connectivity index (χ0v) is 10.6. The minimum Gasteiger partial charge on any atom is -0.377 e. The lowest BCUT2D eigenvalue weighted by Gasteiger charge is -2.29. The maximum atomic E-state index is 5.64. The standard InChI is InChI=1S/C13H21N3O/c1-10-13(2,5-6-17-10)15-8-12-7-14-9-16(12)11-3-4-11/h7,9-11,15H,3-6,8H2,1-2H3. The smallest absolute Gasteiger partial charge is 0.0951 e. The highest BCUT2D eigenvalue weighted by Gasteiger charge is 2.36. The Bertz CT molecular complexity index is 399. The minimum atomic E-state index is 0.110. The number of imidazole rings is 1. The lowest BCUT2D eigenvalue weighted by molar-refractivity contribution is 0.0879. The summed E-state index contributed by atoms with van der Waals surface area (Å²) in [6.07, 6.45) is 7.94. The van der Waals surface area contributed by atoms with Gasteiger partial charge in [0.2, 0.25) is 0 Å². The summed E-state index contributed by atoms with van der Waals surface area (Å²) < 4.78 is 7.96. The van der Waals surface area contributed by atoms with Crippen LogP contribution in [0, 0.1) is 0 Å². The van der Waals surface area contributed by atoms with Crippen LogP contribution in [0.3, 0.4) is 0 Å². The molecular formula is C13H21N3O. The summed E-state index contributed by atoms with van der Waals surface area (Å²) in [7, 11) is 0. The highest BCUT2D eigenvalue weighted by atomic mass is 16.5. The molecule has 0 radical (unpaired) electrons. The third kappa shape index (κ3) is 2.11. The molecule has 1 saturated heterocycles. The average Bonchev–Trinajstić information content (AvgIpc) is 2.96. The van der Waals surface area contributed by atoms with Gasteiger partial charge in [-0.25, -0.2) is 4.98 Å². The van der Waals surface area contributed by atoms with Crippen molar-refractivity contribution in [1.29, 1.82) is 0 Å². The van der Waals surface area contributed by atoms with Gasteiger partial charge in [-0.1, -0.05) is 0 Å². The molecule has 2 unspecified atom stereocenters. The fourth-order valence-electron chi connectivity index (χ4n) is 2.51. The summed E-state index contributed by atoms with van der Waals surface area (Å²) in [5.41, 5.74) is 1.41. The van der Waals surface area contributed by atoms with Gasteiger partial charge in [0.25, 0.3) is 0 Å². The molecule has 0 bridgehead atoms. The SMILES string of the molecule is CC1OCCC1(C)NCc1cncn1C1CC1. The van der Waals surface area contributed by atoms with E-state index in [0.717, 1.165) is 19.6 Å². The molecule has 1 aliphatic carbocycles. The molecule has 1 aromatic heterocycles. The van der Waals surface area contributed by atoms with E-state index in [0.29, 0.717) is 12.1 Å². The molecule has 94 valence electrons. The molecule has 0 spiro atoms. The molecule has 3 rings (SSSR count). The van der Waals surface area contributed by atoms with Crippen molar-refractivity contribution in [2.24, 2.45) is 0 Å². The zero-order chi connectivity index (χ0) is 11.9. The zero-order valence-electron chi connectivity index (χ0n) is 10.6. The fourth-order valence-corrected chi connectivity index (χ4v) is 2.51. The Labute approximate surface area is 102 Å². The number of hydrogen-bond donors (Lipinski definition) is 1. The lowest BCUT2D eigenvalue weighted by Crippen LogP contribution is -2.47. The van der Waals surface area contributed by atoms with Gasteiger partial charge in [-0.15, -0.1) is 0 Å². The summed E-state index contributed by atoms with van der Waals surface area (Å²) in [4.78, 5) is 4.26. The Balaban J connectivity index is 1.65. The first-order valence-corrected chi connectivity index (χ1v) is 6.56. The van der Waals surface area contributed by atoms with Crippen LogP contribution in [-0.2, 0) is 11.3 Å². The predicted molar refractivity (Wildman–Crippen MR) is 65.8 cm³/mol. The maximum absolute atomic E-state index is 5.64. The molecule has 4 nitrogen and oxygen atoms in total. The van der Waals surface area contributed by atoms with Crippen LogP contribution in [0.5, 0.6) is 0 Å². The van der Waals surface area contributed by atoms with E-state index in [1.165, 1.54) is 18.5 Å². The minimum absolute atomic E-state index is 0.110. The van der Waals surface area contributed by atoms with Crippen molar-refractivity contribution in [2.75, 3.05) is 6.61 Å². The highest BCUT2D eigenvalue weighted by Crippen LogP contribution is 2.35. The average molecular weight is 235 g/mol.